The fourth-order valence-electron chi connectivity index (χ4n) is 10.4. The van der Waals surface area contributed by atoms with Crippen molar-refractivity contribution in [2.75, 3.05) is 0 Å². The third kappa shape index (κ3) is 6.09. The van der Waals surface area contributed by atoms with E-state index < -0.39 is 0 Å². The average Bonchev–Trinajstić information content (AvgIpc) is 4.14. The minimum Gasteiger partial charge on any atom is -0.353 e. The second-order valence-corrected chi connectivity index (χ2v) is 16.6. The molecule has 4 aromatic heterocycles. The number of hydrogen-bond donors (Lipinski definition) is 4. The summed E-state index contributed by atoms with van der Waals surface area (Å²) in [4.78, 5) is 16.7. The summed E-state index contributed by atoms with van der Waals surface area (Å²) in [6.07, 6.45) is 0. The summed E-state index contributed by atoms with van der Waals surface area (Å²) >= 11 is 0. The average molecular weight is 923 g/mol. The van der Waals surface area contributed by atoms with Crippen LogP contribution in [0.3, 0.4) is 0 Å². The van der Waals surface area contributed by atoms with Gasteiger partial charge in [0.05, 0.1) is 44.2 Å². The first-order chi connectivity index (χ1) is 31.8. The molecule has 8 aromatic carbocycles. The van der Waals surface area contributed by atoms with Crippen LogP contribution in [0.1, 0.15) is 45.0 Å². The van der Waals surface area contributed by atoms with Crippen LogP contribution in [0.5, 0.6) is 0 Å². The van der Waals surface area contributed by atoms with Gasteiger partial charge in [0.2, 0.25) is 0 Å². The number of hydrogen-bond acceptors (Lipinski definition) is 0. The Labute approximate surface area is 388 Å². The minimum atomic E-state index is 0. The van der Waals surface area contributed by atoms with E-state index in [9.17, 15) is 0 Å². The van der Waals surface area contributed by atoms with Crippen LogP contribution in [0.4, 0.5) is 0 Å². The van der Waals surface area contributed by atoms with Crippen LogP contribution in [-0.4, -0.2) is 19.9 Å². The molecule has 0 saturated carbocycles. The van der Waals surface area contributed by atoms with E-state index >= 15 is 0 Å². The van der Waals surface area contributed by atoms with Gasteiger partial charge < -0.3 is 19.9 Å². The van der Waals surface area contributed by atoms with Crippen molar-refractivity contribution in [3.63, 3.8) is 0 Å². The SMILES string of the molecule is [Pd+2].c1ccc(C2=c3[nH]c(c4ccccc34)=C(c3ccccc3)c3[nH]c(c4ccccc34)C(c3ccccc3)=c3[nH]c(c4ccccc34)=C(c3ccccc3)c3[nH]c2c2ccccc32)cc1. The molecule has 4 N–H and O–H groups in total. The predicted octanol–water partition coefficient (Wildman–Crippen LogP) is 10.9. The first-order valence-electron chi connectivity index (χ1n) is 22.0. The van der Waals surface area contributed by atoms with Crippen molar-refractivity contribution < 1.29 is 20.4 Å². The molecule has 5 heteroatoms. The number of benzene rings is 8. The summed E-state index contributed by atoms with van der Waals surface area (Å²) < 4.78 is 0. The third-order valence-electron chi connectivity index (χ3n) is 13.1. The predicted molar refractivity (Wildman–Crippen MR) is 264 cm³/mol. The number of rotatable bonds is 4. The number of nitrogens with one attached hydrogen (secondary N) is 4. The summed E-state index contributed by atoms with van der Waals surface area (Å²) in [6.45, 7) is 0. The standard InChI is InChI=1S/C60H40N4.Pd/c1-5-21-37(22-6-1)49-53-41-29-13-15-31-43(41)55(61-53)50(38-23-7-2-8-24-38)57-45-33-17-19-35-47(45)59(63-57)52(40-27-11-4-12-28-40)60-48-36-20-18-34-46(48)58(64-60)51(39-25-9-3-10-26-39)56-44-32-16-14-30-42(44)54(49)62-56;/h1-36,61-64H;/q;+2. The van der Waals surface area contributed by atoms with Crippen molar-refractivity contribution in [1.29, 1.82) is 0 Å². The fourth-order valence-corrected chi connectivity index (χ4v) is 10.4. The topological polar surface area (TPSA) is 63.2 Å². The molecule has 0 atom stereocenters. The van der Waals surface area contributed by atoms with Crippen LogP contribution in [0, 0.1) is 0 Å². The molecule has 65 heavy (non-hydrogen) atoms. The Hall–Kier alpha value is -7.94. The Bertz CT molecular complexity index is 3520. The quantitative estimate of drug-likeness (QED) is 0.127. The molecular formula is C60H40N4Pd+2. The van der Waals surface area contributed by atoms with Gasteiger partial charge in [-0.05, 0) is 22.3 Å². The normalized spacial score (nSPS) is 12.7. The molecule has 0 unspecified atom stereocenters. The largest absolute Gasteiger partial charge is 2.00 e. The van der Waals surface area contributed by atoms with E-state index in [0.717, 1.165) is 132 Å². The van der Waals surface area contributed by atoms with Crippen LogP contribution in [0.25, 0.3) is 65.4 Å². The van der Waals surface area contributed by atoms with Crippen molar-refractivity contribution in [2.24, 2.45) is 0 Å². The first kappa shape index (κ1) is 38.7. The van der Waals surface area contributed by atoms with E-state index in [4.69, 9.17) is 0 Å². The van der Waals surface area contributed by atoms with Crippen LogP contribution in [-0.2, 0) is 20.4 Å². The van der Waals surface area contributed by atoms with Crippen LogP contribution >= 0.6 is 0 Å². The van der Waals surface area contributed by atoms with Crippen LogP contribution in [0.2, 0.25) is 0 Å². The van der Waals surface area contributed by atoms with E-state index in [0.29, 0.717) is 0 Å². The Morgan fingerprint density at radius 1 is 0.185 bits per heavy atom. The Balaban J connectivity index is 0.00000444. The van der Waals surface area contributed by atoms with E-state index in [1.54, 1.807) is 0 Å². The number of aromatic nitrogens is 4. The fraction of sp³-hybridized carbons (Fsp3) is 0. The van der Waals surface area contributed by atoms with E-state index in [2.05, 4.69) is 238 Å². The number of H-pyrrole nitrogens is 4. The summed E-state index contributed by atoms with van der Waals surface area (Å²) in [5.74, 6) is 0. The van der Waals surface area contributed by atoms with Gasteiger partial charge in [0.25, 0.3) is 0 Å². The molecule has 13 rings (SSSR count). The molecule has 0 fully saturated rings. The molecule has 12 aromatic rings. The van der Waals surface area contributed by atoms with E-state index in [-0.39, 0.29) is 20.4 Å². The maximum atomic E-state index is 4.18. The van der Waals surface area contributed by atoms with Gasteiger partial charge in [-0.3, -0.25) is 0 Å². The third-order valence-corrected chi connectivity index (χ3v) is 13.1. The van der Waals surface area contributed by atoms with Gasteiger partial charge in [-0.25, -0.2) is 0 Å². The summed E-state index contributed by atoms with van der Waals surface area (Å²) in [5, 5.41) is 13.4. The molecule has 0 aliphatic heterocycles. The van der Waals surface area contributed by atoms with Gasteiger partial charge in [0.1, 0.15) is 0 Å². The summed E-state index contributed by atoms with van der Waals surface area (Å²) in [6, 6.07) is 78.8. The van der Waals surface area contributed by atoms with Crippen molar-refractivity contribution in [3.8, 4) is 0 Å². The maximum Gasteiger partial charge on any atom is 2.00 e. The van der Waals surface area contributed by atoms with Crippen molar-refractivity contribution in [2.45, 2.75) is 0 Å². The van der Waals surface area contributed by atoms with Gasteiger partial charge in [-0.15, -0.1) is 0 Å². The van der Waals surface area contributed by atoms with Gasteiger partial charge >= 0.3 is 20.4 Å². The molecule has 1 aliphatic carbocycles. The summed E-state index contributed by atoms with van der Waals surface area (Å²) in [5.41, 5.74) is 13.1. The van der Waals surface area contributed by atoms with Crippen LogP contribution < -0.4 is 21.4 Å². The molecule has 4 heterocycles. The van der Waals surface area contributed by atoms with Gasteiger partial charge in [-0.1, -0.05) is 218 Å². The van der Waals surface area contributed by atoms with Crippen LogP contribution in [0.15, 0.2) is 218 Å². The van der Waals surface area contributed by atoms with Crippen molar-refractivity contribution >= 4 is 65.4 Å². The molecule has 0 amide bonds. The maximum absolute atomic E-state index is 4.18. The second-order valence-electron chi connectivity index (χ2n) is 16.6. The smallest absolute Gasteiger partial charge is 0.353 e. The Morgan fingerprint density at radius 2 is 0.369 bits per heavy atom. The Kier molecular flexibility index (Phi) is 9.35. The molecule has 308 valence electrons. The van der Waals surface area contributed by atoms with Gasteiger partial charge in [0, 0.05) is 65.4 Å². The molecule has 0 saturated heterocycles. The minimum absolute atomic E-state index is 0. The van der Waals surface area contributed by atoms with Gasteiger partial charge in [0.15, 0.2) is 0 Å². The molecule has 4 nitrogen and oxygen atoms in total. The second kappa shape index (κ2) is 15.7. The first-order valence-corrected chi connectivity index (χ1v) is 22.0. The zero-order valence-corrected chi connectivity index (χ0v) is 36.7. The van der Waals surface area contributed by atoms with Gasteiger partial charge in [-0.2, -0.15) is 0 Å². The molecule has 8 bridgehead atoms. The van der Waals surface area contributed by atoms with E-state index in [1.807, 2.05) is 0 Å². The molecule has 1 aliphatic rings. The molecule has 0 radical (unpaired) electrons. The zero-order chi connectivity index (χ0) is 42.1. The van der Waals surface area contributed by atoms with E-state index in [1.165, 1.54) is 0 Å². The van der Waals surface area contributed by atoms with Crippen molar-refractivity contribution in [3.05, 3.63) is 285 Å². The van der Waals surface area contributed by atoms with Crippen molar-refractivity contribution in [1.82, 2.24) is 19.9 Å². The Morgan fingerprint density at radius 3 is 0.585 bits per heavy atom. The summed E-state index contributed by atoms with van der Waals surface area (Å²) in [7, 11) is 0. The number of aromatic amines is 4. The monoisotopic (exact) mass is 922 g/mol. The zero-order valence-electron chi connectivity index (χ0n) is 35.1. The molecule has 0 spiro atoms. The molecular weight excluding hydrogens is 883 g/mol.